The molecule has 1 fully saturated rings. The molecule has 192 valence electrons. The van der Waals surface area contributed by atoms with E-state index in [9.17, 15) is 15.0 Å². The first-order valence-corrected chi connectivity index (χ1v) is 13.0. The van der Waals surface area contributed by atoms with Crippen LogP contribution in [0.3, 0.4) is 0 Å². The summed E-state index contributed by atoms with van der Waals surface area (Å²) in [5.74, 6) is -0.133. The Morgan fingerprint density at radius 2 is 2.00 bits per heavy atom. The fourth-order valence-corrected chi connectivity index (χ4v) is 5.43. The van der Waals surface area contributed by atoms with Gasteiger partial charge in [0, 0.05) is 29.0 Å². The van der Waals surface area contributed by atoms with E-state index in [2.05, 4.69) is 20.9 Å². The van der Waals surface area contributed by atoms with Gasteiger partial charge in [-0.3, -0.25) is 14.8 Å². The molecule has 2 aromatic heterocycles. The summed E-state index contributed by atoms with van der Waals surface area (Å²) >= 11 is 6.44. The largest absolute Gasteiger partial charge is 0.497 e. The number of likely N-dealkylation sites (tertiary alicyclic amines) is 1. The zero-order valence-corrected chi connectivity index (χ0v) is 21.5. The van der Waals surface area contributed by atoms with E-state index in [0.29, 0.717) is 47.5 Å². The molecule has 1 aliphatic rings. The maximum Gasteiger partial charge on any atom is 0.309 e. The summed E-state index contributed by atoms with van der Waals surface area (Å²) in [6.07, 6.45) is 7.41. The topological polar surface area (TPSA) is 95.8 Å². The number of aromatic nitrogens is 2. The number of aliphatic hydroxyl groups is 1. The maximum absolute atomic E-state index is 12.4. The lowest BCUT2D eigenvalue weighted by atomic mass is 9.74. The standard InChI is InChI=1S/C28H34ClN3O4/c1-36-21-8-9-24-22(18-21)26(23(29)19-31-24)25(33)10-11-28(27(34)35)12-16-32(17-13-28)15-5-3-7-20-6-2-4-14-30-20/h2,4,6,8-9,14,18-19,25,33H,3,5,7,10-13,15-17H2,1H3,(H,34,35)/t25-/m0/s1. The van der Waals surface area contributed by atoms with Crippen LogP contribution in [-0.2, 0) is 11.2 Å². The molecule has 1 aromatic carbocycles. The number of hydrogen-bond donors (Lipinski definition) is 2. The molecule has 0 aliphatic carbocycles. The third kappa shape index (κ3) is 6.14. The molecule has 3 heterocycles. The molecular formula is C28H34ClN3O4. The molecule has 0 radical (unpaired) electrons. The minimum absolute atomic E-state index is 0.312. The Balaban J connectivity index is 1.34. The average molecular weight is 512 g/mol. The summed E-state index contributed by atoms with van der Waals surface area (Å²) in [6, 6.07) is 11.4. The van der Waals surface area contributed by atoms with Gasteiger partial charge in [-0.05, 0) is 94.9 Å². The fourth-order valence-electron chi connectivity index (χ4n) is 5.15. The van der Waals surface area contributed by atoms with Crippen molar-refractivity contribution in [3.05, 3.63) is 65.1 Å². The van der Waals surface area contributed by atoms with E-state index < -0.39 is 17.5 Å². The maximum atomic E-state index is 12.4. The number of piperidine rings is 1. The number of carbonyl (C=O) groups is 1. The molecular weight excluding hydrogens is 478 g/mol. The summed E-state index contributed by atoms with van der Waals surface area (Å²) < 4.78 is 5.33. The molecule has 1 atom stereocenters. The fraction of sp³-hybridized carbons (Fsp3) is 0.464. The highest BCUT2D eigenvalue weighted by atomic mass is 35.5. The highest BCUT2D eigenvalue weighted by Crippen LogP contribution is 2.41. The second-order valence-electron chi connectivity index (χ2n) is 9.66. The van der Waals surface area contributed by atoms with Gasteiger partial charge in [0.1, 0.15) is 5.75 Å². The molecule has 0 unspecified atom stereocenters. The van der Waals surface area contributed by atoms with Crippen LogP contribution < -0.4 is 4.74 Å². The number of rotatable bonds is 11. The van der Waals surface area contributed by atoms with Crippen molar-refractivity contribution in [3.63, 3.8) is 0 Å². The van der Waals surface area contributed by atoms with Crippen molar-refractivity contribution in [1.29, 1.82) is 0 Å². The van der Waals surface area contributed by atoms with Gasteiger partial charge in [-0.25, -0.2) is 0 Å². The van der Waals surface area contributed by atoms with E-state index in [1.165, 1.54) is 6.20 Å². The number of pyridine rings is 2. The Kier molecular flexibility index (Phi) is 8.77. The number of ether oxygens (including phenoxy) is 1. The first-order chi connectivity index (χ1) is 17.4. The van der Waals surface area contributed by atoms with E-state index >= 15 is 0 Å². The third-order valence-corrected chi connectivity index (χ3v) is 7.75. The van der Waals surface area contributed by atoms with Gasteiger partial charge in [0.2, 0.25) is 0 Å². The Hall–Kier alpha value is -2.74. The van der Waals surface area contributed by atoms with Crippen LogP contribution in [0.15, 0.2) is 48.8 Å². The van der Waals surface area contributed by atoms with E-state index in [1.807, 2.05) is 36.5 Å². The molecule has 7 nitrogen and oxygen atoms in total. The summed E-state index contributed by atoms with van der Waals surface area (Å²) in [5.41, 5.74) is 1.56. The van der Waals surface area contributed by atoms with Gasteiger partial charge >= 0.3 is 5.97 Å². The number of carboxylic acids is 1. The van der Waals surface area contributed by atoms with Crippen LogP contribution in [0.1, 0.15) is 55.9 Å². The van der Waals surface area contributed by atoms with Gasteiger partial charge in [0.05, 0.1) is 29.2 Å². The number of methoxy groups -OCH3 is 1. The second kappa shape index (κ2) is 12.0. The van der Waals surface area contributed by atoms with Crippen molar-refractivity contribution < 1.29 is 19.7 Å². The molecule has 0 saturated carbocycles. The molecule has 0 spiro atoms. The molecule has 36 heavy (non-hydrogen) atoms. The Morgan fingerprint density at radius 3 is 2.69 bits per heavy atom. The van der Waals surface area contributed by atoms with Crippen molar-refractivity contribution in [2.24, 2.45) is 5.41 Å². The summed E-state index contributed by atoms with van der Waals surface area (Å²) in [5, 5.41) is 22.3. The van der Waals surface area contributed by atoms with E-state index in [0.717, 1.165) is 50.0 Å². The highest BCUT2D eigenvalue weighted by molar-refractivity contribution is 6.32. The number of aliphatic hydroxyl groups excluding tert-OH is 1. The van der Waals surface area contributed by atoms with Gasteiger partial charge in [0.25, 0.3) is 0 Å². The quantitative estimate of drug-likeness (QED) is 0.337. The number of benzene rings is 1. The molecule has 0 bridgehead atoms. The summed E-state index contributed by atoms with van der Waals surface area (Å²) in [7, 11) is 1.58. The van der Waals surface area contributed by atoms with Gasteiger partial charge in [0.15, 0.2) is 0 Å². The predicted octanol–water partition coefficient (Wildman–Crippen LogP) is 5.30. The van der Waals surface area contributed by atoms with E-state index in [4.69, 9.17) is 16.3 Å². The van der Waals surface area contributed by atoms with E-state index in [-0.39, 0.29) is 0 Å². The number of aliphatic carboxylic acids is 1. The smallest absolute Gasteiger partial charge is 0.309 e. The number of unbranched alkanes of at least 4 members (excludes halogenated alkanes) is 1. The molecule has 4 rings (SSSR count). The zero-order chi connectivity index (χ0) is 25.5. The molecule has 1 aliphatic heterocycles. The van der Waals surface area contributed by atoms with Crippen molar-refractivity contribution in [3.8, 4) is 5.75 Å². The first-order valence-electron chi connectivity index (χ1n) is 12.6. The highest BCUT2D eigenvalue weighted by Gasteiger charge is 2.41. The SMILES string of the molecule is COc1ccc2ncc(Cl)c([C@@H](O)CCC3(C(=O)O)CCN(CCCCc4ccccn4)CC3)c2c1. The van der Waals surface area contributed by atoms with Gasteiger partial charge < -0.3 is 19.8 Å². The molecule has 8 heteroatoms. The number of nitrogens with zero attached hydrogens (tertiary/aromatic N) is 3. The normalized spacial score (nSPS) is 16.6. The van der Waals surface area contributed by atoms with Crippen LogP contribution in [0.5, 0.6) is 5.75 Å². The number of fused-ring (bicyclic) bond motifs is 1. The predicted molar refractivity (Wildman–Crippen MR) is 140 cm³/mol. The molecule has 2 N–H and O–H groups in total. The lowest BCUT2D eigenvalue weighted by molar-refractivity contribution is -0.153. The van der Waals surface area contributed by atoms with Crippen molar-refractivity contribution in [2.45, 2.75) is 51.0 Å². The van der Waals surface area contributed by atoms with Gasteiger partial charge in [-0.2, -0.15) is 0 Å². The minimum atomic E-state index is -0.893. The molecule has 1 saturated heterocycles. The Bertz CT molecular complexity index is 1170. The van der Waals surface area contributed by atoms with Crippen LogP contribution in [-0.4, -0.2) is 57.8 Å². The van der Waals surface area contributed by atoms with Crippen molar-refractivity contribution in [2.75, 3.05) is 26.7 Å². The van der Waals surface area contributed by atoms with E-state index in [1.54, 1.807) is 7.11 Å². The Morgan fingerprint density at radius 1 is 1.19 bits per heavy atom. The lowest BCUT2D eigenvalue weighted by Crippen LogP contribution is -2.44. The van der Waals surface area contributed by atoms with Crippen LogP contribution in [0.25, 0.3) is 10.9 Å². The number of carboxylic acid groups (broad SMARTS) is 1. The lowest BCUT2D eigenvalue weighted by Gasteiger charge is -2.39. The third-order valence-electron chi connectivity index (χ3n) is 7.45. The summed E-state index contributed by atoms with van der Waals surface area (Å²) in [6.45, 7) is 2.47. The minimum Gasteiger partial charge on any atom is -0.497 e. The van der Waals surface area contributed by atoms with Crippen LogP contribution >= 0.6 is 11.6 Å². The van der Waals surface area contributed by atoms with Gasteiger partial charge in [-0.1, -0.05) is 17.7 Å². The zero-order valence-electron chi connectivity index (χ0n) is 20.7. The van der Waals surface area contributed by atoms with Crippen LogP contribution in [0.4, 0.5) is 0 Å². The monoisotopic (exact) mass is 511 g/mol. The number of hydrogen-bond acceptors (Lipinski definition) is 6. The van der Waals surface area contributed by atoms with Gasteiger partial charge in [-0.15, -0.1) is 0 Å². The van der Waals surface area contributed by atoms with Crippen LogP contribution in [0.2, 0.25) is 5.02 Å². The molecule has 3 aromatic rings. The van der Waals surface area contributed by atoms with Crippen LogP contribution in [0, 0.1) is 5.41 Å². The number of halogens is 1. The summed E-state index contributed by atoms with van der Waals surface area (Å²) in [4.78, 5) is 23.4. The Labute approximate surface area is 217 Å². The first kappa shape index (κ1) is 26.3. The van der Waals surface area contributed by atoms with Crippen molar-refractivity contribution >= 4 is 28.5 Å². The second-order valence-corrected chi connectivity index (χ2v) is 10.1. The number of aryl methyl sites for hydroxylation is 1. The average Bonchev–Trinajstić information content (AvgIpc) is 2.90. The van der Waals surface area contributed by atoms with Crippen molar-refractivity contribution in [1.82, 2.24) is 14.9 Å². The molecule has 0 amide bonds.